The molecule has 1 heterocycles. The van der Waals surface area contributed by atoms with E-state index in [1.807, 2.05) is 23.9 Å². The molecular weight excluding hydrogens is 390 g/mol. The molecule has 1 aliphatic heterocycles. The fourth-order valence-electron chi connectivity index (χ4n) is 3.88. The first-order valence-electron chi connectivity index (χ1n) is 8.05. The lowest BCUT2D eigenvalue weighted by Crippen LogP contribution is -2.40. The number of rotatable bonds is 4. The molecule has 2 aromatic carbocycles. The van der Waals surface area contributed by atoms with Crippen LogP contribution in [0.15, 0.2) is 59.5 Å². The van der Waals surface area contributed by atoms with E-state index in [2.05, 4.69) is 63.3 Å². The van der Waals surface area contributed by atoms with Crippen molar-refractivity contribution in [1.29, 1.82) is 0 Å². The van der Waals surface area contributed by atoms with Crippen LogP contribution in [0.2, 0.25) is 5.02 Å². The number of halogens is 2. The highest BCUT2D eigenvalue weighted by Gasteiger charge is 2.51. The summed E-state index contributed by atoms with van der Waals surface area (Å²) in [5.41, 5.74) is 1.41. The largest absolute Gasteiger partial charge is 0.294 e. The Bertz CT molecular complexity index is 663. The quantitative estimate of drug-likeness (QED) is 0.617. The second kappa shape index (κ2) is 6.79. The van der Waals surface area contributed by atoms with Gasteiger partial charge in [-0.3, -0.25) is 4.90 Å². The fourth-order valence-corrected chi connectivity index (χ4v) is 6.76. The summed E-state index contributed by atoms with van der Waals surface area (Å²) in [7, 11) is 0. The number of hydrogen-bond donors (Lipinski definition) is 0. The van der Waals surface area contributed by atoms with Gasteiger partial charge in [-0.2, -0.15) is 0 Å². The smallest absolute Gasteiger partial charge is 0.0406 e. The second-order valence-electron chi connectivity index (χ2n) is 6.46. The SMILES string of the molecule is Clc1ccc(S[C@H]2C[C@H]3CN(Cc4ccccc4)[C@H]2[C@H]3Br)cc1. The third-order valence-corrected chi connectivity index (χ3v) is 7.77. The predicted molar refractivity (Wildman–Crippen MR) is 103 cm³/mol. The zero-order chi connectivity index (χ0) is 15.8. The molecule has 1 nitrogen and oxygen atoms in total. The van der Waals surface area contributed by atoms with E-state index < -0.39 is 0 Å². The summed E-state index contributed by atoms with van der Waals surface area (Å²) in [6.07, 6.45) is 1.30. The zero-order valence-electron chi connectivity index (χ0n) is 12.7. The molecule has 0 radical (unpaired) electrons. The number of benzene rings is 2. The Morgan fingerprint density at radius 2 is 1.83 bits per heavy atom. The number of thioether (sulfide) groups is 1. The van der Waals surface area contributed by atoms with Crippen molar-refractivity contribution in [2.24, 2.45) is 5.92 Å². The minimum atomic E-state index is 0.612. The van der Waals surface area contributed by atoms with E-state index in [1.165, 1.54) is 23.4 Å². The molecule has 4 atom stereocenters. The fraction of sp³-hybridized carbons (Fsp3) is 0.368. The maximum absolute atomic E-state index is 6.00. The Morgan fingerprint density at radius 3 is 2.52 bits per heavy atom. The first-order chi connectivity index (χ1) is 11.2. The lowest BCUT2D eigenvalue weighted by atomic mass is 10.1. The van der Waals surface area contributed by atoms with Gasteiger partial charge in [0.1, 0.15) is 0 Å². The van der Waals surface area contributed by atoms with Crippen molar-refractivity contribution in [3.8, 4) is 0 Å². The van der Waals surface area contributed by atoms with Crippen molar-refractivity contribution in [2.45, 2.75) is 34.0 Å². The number of hydrogen-bond acceptors (Lipinski definition) is 2. The van der Waals surface area contributed by atoms with Crippen LogP contribution < -0.4 is 0 Å². The first-order valence-corrected chi connectivity index (χ1v) is 10.2. The van der Waals surface area contributed by atoms with E-state index in [0.29, 0.717) is 16.1 Å². The summed E-state index contributed by atoms with van der Waals surface area (Å²) in [6, 6.07) is 19.7. The third kappa shape index (κ3) is 3.34. The van der Waals surface area contributed by atoms with E-state index in [4.69, 9.17) is 11.6 Å². The van der Waals surface area contributed by atoms with E-state index >= 15 is 0 Å². The van der Waals surface area contributed by atoms with Gasteiger partial charge >= 0.3 is 0 Å². The van der Waals surface area contributed by atoms with Gasteiger partial charge in [-0.1, -0.05) is 57.9 Å². The molecule has 1 aliphatic carbocycles. The summed E-state index contributed by atoms with van der Waals surface area (Å²) in [5.74, 6) is 0.772. The van der Waals surface area contributed by atoms with Gasteiger partial charge in [0.2, 0.25) is 0 Å². The minimum Gasteiger partial charge on any atom is -0.294 e. The Kier molecular flexibility index (Phi) is 4.73. The van der Waals surface area contributed by atoms with Crippen molar-refractivity contribution in [3.63, 3.8) is 0 Å². The molecule has 2 aromatic rings. The van der Waals surface area contributed by atoms with Gasteiger partial charge < -0.3 is 0 Å². The van der Waals surface area contributed by atoms with Crippen LogP contribution in [0.25, 0.3) is 0 Å². The van der Waals surface area contributed by atoms with Crippen molar-refractivity contribution < 1.29 is 0 Å². The van der Waals surface area contributed by atoms with Crippen molar-refractivity contribution in [1.82, 2.24) is 4.90 Å². The molecule has 2 aliphatic rings. The van der Waals surface area contributed by atoms with E-state index in [-0.39, 0.29) is 0 Å². The number of nitrogens with zero attached hydrogens (tertiary/aromatic N) is 1. The third-order valence-electron chi connectivity index (χ3n) is 4.91. The molecule has 23 heavy (non-hydrogen) atoms. The van der Waals surface area contributed by atoms with E-state index in [0.717, 1.165) is 17.5 Å². The normalized spacial score (nSPS) is 30.0. The molecule has 0 amide bonds. The van der Waals surface area contributed by atoms with E-state index in [9.17, 15) is 0 Å². The maximum Gasteiger partial charge on any atom is 0.0406 e. The first kappa shape index (κ1) is 16.0. The van der Waals surface area contributed by atoms with Crippen molar-refractivity contribution >= 4 is 39.3 Å². The molecule has 0 aromatic heterocycles. The van der Waals surface area contributed by atoms with Crippen LogP contribution in [-0.2, 0) is 6.54 Å². The highest BCUT2D eigenvalue weighted by Crippen LogP contribution is 2.49. The summed E-state index contributed by atoms with van der Waals surface area (Å²) in [4.78, 5) is 4.61. The van der Waals surface area contributed by atoms with Crippen LogP contribution in [0, 0.1) is 5.92 Å². The average Bonchev–Trinajstić information content (AvgIpc) is 3.02. The summed E-state index contributed by atoms with van der Waals surface area (Å²) >= 11 is 12.0. The van der Waals surface area contributed by atoms with Crippen molar-refractivity contribution in [3.05, 3.63) is 65.2 Å². The molecule has 0 unspecified atom stereocenters. The van der Waals surface area contributed by atoms with Gasteiger partial charge in [0, 0.05) is 39.1 Å². The topological polar surface area (TPSA) is 3.24 Å². The molecule has 4 heteroatoms. The number of piperidine rings is 1. The number of likely N-dealkylation sites (tertiary alicyclic amines) is 1. The van der Waals surface area contributed by atoms with Crippen molar-refractivity contribution in [2.75, 3.05) is 6.54 Å². The van der Waals surface area contributed by atoms with Gasteiger partial charge in [0.25, 0.3) is 0 Å². The van der Waals surface area contributed by atoms with Crippen LogP contribution in [0.5, 0.6) is 0 Å². The zero-order valence-corrected chi connectivity index (χ0v) is 15.9. The second-order valence-corrected chi connectivity index (χ2v) is 9.26. The number of alkyl halides is 1. The molecule has 0 N–H and O–H groups in total. The van der Waals surface area contributed by atoms with Gasteiger partial charge in [-0.15, -0.1) is 11.8 Å². The standard InChI is InChI=1S/C19H19BrClNS/c20-18-14-10-17(23-16-8-6-15(21)7-9-16)19(18)22(12-14)11-13-4-2-1-3-5-13/h1-9,14,17-19H,10-12H2/t14-,17-,18-,19+/m0/s1. The molecule has 2 fully saturated rings. The Labute approximate surface area is 155 Å². The Morgan fingerprint density at radius 1 is 1.09 bits per heavy atom. The van der Waals surface area contributed by atoms with Gasteiger partial charge in [-0.25, -0.2) is 0 Å². The number of fused-ring (bicyclic) bond motifs is 2. The van der Waals surface area contributed by atoms with Gasteiger partial charge in [0.15, 0.2) is 0 Å². The van der Waals surface area contributed by atoms with Crippen LogP contribution in [-0.4, -0.2) is 27.6 Å². The lowest BCUT2D eigenvalue weighted by molar-refractivity contribution is 0.211. The molecule has 2 bridgehead atoms. The molecule has 0 spiro atoms. The average molecular weight is 409 g/mol. The molecule has 4 rings (SSSR count). The van der Waals surface area contributed by atoms with Crippen LogP contribution in [0.3, 0.4) is 0 Å². The summed E-state index contributed by atoms with van der Waals surface area (Å²) < 4.78 is 0. The van der Waals surface area contributed by atoms with Crippen LogP contribution >= 0.6 is 39.3 Å². The van der Waals surface area contributed by atoms with Crippen LogP contribution in [0.4, 0.5) is 0 Å². The molecular formula is C19H19BrClNS. The maximum atomic E-state index is 6.00. The molecule has 1 saturated carbocycles. The summed E-state index contributed by atoms with van der Waals surface area (Å²) in [5, 5.41) is 1.47. The monoisotopic (exact) mass is 407 g/mol. The Hall–Kier alpha value is -0.480. The lowest BCUT2D eigenvalue weighted by Gasteiger charge is -2.33. The Balaban J connectivity index is 1.48. The molecule has 120 valence electrons. The predicted octanol–water partition coefficient (Wildman–Crippen LogP) is 5.47. The van der Waals surface area contributed by atoms with E-state index in [1.54, 1.807) is 0 Å². The highest BCUT2D eigenvalue weighted by atomic mass is 79.9. The van der Waals surface area contributed by atoms with Gasteiger partial charge in [0.05, 0.1) is 0 Å². The summed E-state index contributed by atoms with van der Waals surface area (Å²) in [6.45, 7) is 2.27. The molecule has 1 saturated heterocycles. The van der Waals surface area contributed by atoms with Crippen LogP contribution in [0.1, 0.15) is 12.0 Å². The minimum absolute atomic E-state index is 0.612. The van der Waals surface area contributed by atoms with Gasteiger partial charge in [-0.05, 0) is 42.2 Å². The highest BCUT2D eigenvalue weighted by molar-refractivity contribution is 9.09.